The third-order valence-electron chi connectivity index (χ3n) is 6.93. The summed E-state index contributed by atoms with van der Waals surface area (Å²) >= 11 is 0. The zero-order chi connectivity index (χ0) is 25.1. The highest BCUT2D eigenvalue weighted by Crippen LogP contribution is 2.33. The predicted octanol–water partition coefficient (Wildman–Crippen LogP) is 5.93. The number of fused-ring (bicyclic) bond motifs is 5. The van der Waals surface area contributed by atoms with E-state index in [9.17, 15) is 13.6 Å². The Morgan fingerprint density at radius 3 is 2.25 bits per heavy atom. The van der Waals surface area contributed by atoms with Gasteiger partial charge in [-0.2, -0.15) is 0 Å². The van der Waals surface area contributed by atoms with Crippen LogP contribution in [0.25, 0.3) is 23.3 Å². The van der Waals surface area contributed by atoms with E-state index in [4.69, 9.17) is 0 Å². The van der Waals surface area contributed by atoms with Crippen LogP contribution < -0.4 is 15.8 Å². The highest BCUT2D eigenvalue weighted by molar-refractivity contribution is 6.01. The molecule has 0 saturated carbocycles. The van der Waals surface area contributed by atoms with E-state index in [0.29, 0.717) is 12.0 Å². The molecule has 0 bridgehead atoms. The second kappa shape index (κ2) is 10.3. The molecule has 2 unspecified atom stereocenters. The lowest BCUT2D eigenvalue weighted by Gasteiger charge is -2.28. The fraction of sp³-hybridized carbons (Fsp3) is 0.156. The molecule has 180 valence electrons. The van der Waals surface area contributed by atoms with Crippen LogP contribution in [-0.2, 0) is 6.42 Å². The molecular formula is C32H27F2NO. The Morgan fingerprint density at radius 1 is 0.806 bits per heavy atom. The Hall–Kier alpha value is -4.05. The molecule has 3 aromatic carbocycles. The van der Waals surface area contributed by atoms with Crippen molar-refractivity contribution in [2.75, 3.05) is 0 Å². The summed E-state index contributed by atoms with van der Waals surface area (Å²) < 4.78 is 26.9. The molecule has 2 aliphatic carbocycles. The van der Waals surface area contributed by atoms with Gasteiger partial charge in [0, 0.05) is 18.0 Å². The van der Waals surface area contributed by atoms with E-state index in [0.717, 1.165) is 39.1 Å². The van der Waals surface area contributed by atoms with Crippen LogP contribution in [-0.4, -0.2) is 5.78 Å². The molecule has 1 aliphatic heterocycles. The second-order valence-electron chi connectivity index (χ2n) is 9.28. The molecular weight excluding hydrogens is 452 g/mol. The van der Waals surface area contributed by atoms with Gasteiger partial charge in [0.2, 0.25) is 0 Å². The van der Waals surface area contributed by atoms with Crippen LogP contribution in [0.3, 0.4) is 0 Å². The van der Waals surface area contributed by atoms with E-state index < -0.39 is 0 Å². The molecule has 0 saturated heterocycles. The van der Waals surface area contributed by atoms with Gasteiger partial charge in [0.1, 0.15) is 11.6 Å². The van der Waals surface area contributed by atoms with Gasteiger partial charge in [0.15, 0.2) is 5.78 Å². The highest BCUT2D eigenvalue weighted by Gasteiger charge is 2.31. The molecule has 2 nitrogen and oxygen atoms in total. The topological polar surface area (TPSA) is 29.1 Å². The van der Waals surface area contributed by atoms with Crippen molar-refractivity contribution in [3.05, 3.63) is 130 Å². The lowest BCUT2D eigenvalue weighted by molar-refractivity contribution is 0.0932. The zero-order valence-corrected chi connectivity index (χ0v) is 20.0. The maximum atomic E-state index is 13.6. The predicted molar refractivity (Wildman–Crippen MR) is 142 cm³/mol. The van der Waals surface area contributed by atoms with Gasteiger partial charge in [-0.3, -0.25) is 4.79 Å². The number of halogens is 2. The van der Waals surface area contributed by atoms with E-state index >= 15 is 0 Å². The molecule has 3 aliphatic rings. The zero-order valence-electron chi connectivity index (χ0n) is 20.0. The van der Waals surface area contributed by atoms with E-state index in [-0.39, 0.29) is 29.3 Å². The molecule has 2 atom stereocenters. The largest absolute Gasteiger partial charge is 0.368 e. The first kappa shape index (κ1) is 23.7. The number of carbonyl (C=O) groups excluding carboxylic acids is 1. The Balaban J connectivity index is 0.000000330. The average molecular weight is 480 g/mol. The maximum Gasteiger partial charge on any atom is 0.170 e. The number of Topliss-reactive ketones (excluding diaryl/α,β-unsaturated/α-hetero) is 1. The molecule has 6 rings (SSSR count). The van der Waals surface area contributed by atoms with Gasteiger partial charge in [-0.1, -0.05) is 49.4 Å². The summed E-state index contributed by atoms with van der Waals surface area (Å²) in [5.41, 5.74) is 4.70. The van der Waals surface area contributed by atoms with Crippen molar-refractivity contribution in [1.29, 1.82) is 0 Å². The van der Waals surface area contributed by atoms with Crippen LogP contribution in [0, 0.1) is 17.6 Å². The maximum absolute atomic E-state index is 13.6. The van der Waals surface area contributed by atoms with Crippen LogP contribution in [0.1, 0.15) is 40.7 Å². The van der Waals surface area contributed by atoms with Gasteiger partial charge in [-0.25, -0.2) is 8.78 Å². The van der Waals surface area contributed by atoms with Crippen molar-refractivity contribution in [3.8, 4) is 11.1 Å². The van der Waals surface area contributed by atoms with E-state index in [1.54, 1.807) is 18.2 Å². The molecule has 1 heterocycles. The minimum atomic E-state index is -0.342. The standard InChI is InChI=1S/C26H20F2O.C6H7N/c1-15-2-9-23-22-10-5-17-14-19(28)8-11-20(17)21(22)12-13-24(23)25(15)26(29)16-3-6-18(27)7-4-16;1-2-4-6-7-5-3-1/h3-4,6-15,25H,2,5H2,1H3;1-7H. The van der Waals surface area contributed by atoms with Crippen molar-refractivity contribution in [3.63, 3.8) is 0 Å². The molecule has 3 aromatic rings. The summed E-state index contributed by atoms with van der Waals surface area (Å²) in [6.45, 7) is 2.09. The summed E-state index contributed by atoms with van der Waals surface area (Å²) in [5.74, 6) is -0.614. The van der Waals surface area contributed by atoms with Gasteiger partial charge < -0.3 is 5.32 Å². The lowest BCUT2D eigenvalue weighted by atomic mass is 9.74. The number of hydrogen-bond donors (Lipinski definition) is 1. The first-order valence-corrected chi connectivity index (χ1v) is 12.2. The van der Waals surface area contributed by atoms with Gasteiger partial charge in [0.25, 0.3) is 0 Å². The Morgan fingerprint density at radius 2 is 1.50 bits per heavy atom. The van der Waals surface area contributed by atoms with Crippen molar-refractivity contribution in [2.24, 2.45) is 5.92 Å². The molecule has 36 heavy (non-hydrogen) atoms. The number of hydrogen-bond acceptors (Lipinski definition) is 2. The van der Waals surface area contributed by atoms with Crippen LogP contribution in [0.15, 0.2) is 91.3 Å². The van der Waals surface area contributed by atoms with Crippen molar-refractivity contribution in [1.82, 2.24) is 5.32 Å². The Labute approximate surface area is 209 Å². The number of carbonyl (C=O) groups is 1. The molecule has 4 heteroatoms. The summed E-state index contributed by atoms with van der Waals surface area (Å²) in [5, 5.41) is 5.16. The van der Waals surface area contributed by atoms with Crippen LogP contribution in [0.5, 0.6) is 0 Å². The number of allylic oxidation sites excluding steroid dienone is 4. The minimum Gasteiger partial charge on any atom is -0.368 e. The third kappa shape index (κ3) is 4.72. The summed E-state index contributed by atoms with van der Waals surface area (Å²) in [7, 11) is 0. The summed E-state index contributed by atoms with van der Waals surface area (Å²) in [6.07, 6.45) is 17.4. The number of rotatable bonds is 2. The number of nitrogens with one attached hydrogen (secondary N) is 1. The monoisotopic (exact) mass is 479 g/mol. The van der Waals surface area contributed by atoms with E-state index in [1.807, 2.05) is 48.8 Å². The first-order chi connectivity index (χ1) is 17.5. The minimum absolute atomic E-state index is 0.0325. The Bertz CT molecular complexity index is 1500. The summed E-state index contributed by atoms with van der Waals surface area (Å²) in [4.78, 5) is 13.3. The van der Waals surface area contributed by atoms with Crippen molar-refractivity contribution < 1.29 is 13.6 Å². The smallest absolute Gasteiger partial charge is 0.170 e. The van der Waals surface area contributed by atoms with Gasteiger partial charge in [-0.15, -0.1) is 0 Å². The van der Waals surface area contributed by atoms with E-state index in [2.05, 4.69) is 30.5 Å². The molecule has 0 radical (unpaired) electrons. The molecule has 0 amide bonds. The molecule has 1 N–H and O–H groups in total. The van der Waals surface area contributed by atoms with Gasteiger partial charge in [0.05, 0.1) is 5.92 Å². The van der Waals surface area contributed by atoms with Crippen LogP contribution in [0.2, 0.25) is 0 Å². The molecule has 0 fully saturated rings. The number of ketones is 1. The van der Waals surface area contributed by atoms with Crippen molar-refractivity contribution >= 4 is 17.9 Å². The fourth-order valence-electron chi connectivity index (χ4n) is 5.16. The molecule has 0 spiro atoms. The summed E-state index contributed by atoms with van der Waals surface area (Å²) in [6, 6.07) is 14.8. The van der Waals surface area contributed by atoms with Crippen LogP contribution >= 0.6 is 0 Å². The SMILES string of the molecule is C1=CC=CNC=C1.CC1CC=c2c(ccc3c2=CCc2cc(F)ccc2-3)C1C(=O)c1ccc(F)cc1. The number of benzene rings is 3. The second-order valence-corrected chi connectivity index (χ2v) is 9.28. The van der Waals surface area contributed by atoms with E-state index in [1.165, 1.54) is 18.2 Å². The van der Waals surface area contributed by atoms with Gasteiger partial charge >= 0.3 is 0 Å². The Kier molecular flexibility index (Phi) is 6.77. The van der Waals surface area contributed by atoms with Gasteiger partial charge in [-0.05, 0) is 100 Å². The van der Waals surface area contributed by atoms with Crippen molar-refractivity contribution in [2.45, 2.75) is 25.7 Å². The third-order valence-corrected chi connectivity index (χ3v) is 6.93. The highest BCUT2D eigenvalue weighted by atomic mass is 19.1. The average Bonchev–Trinajstić information content (AvgIpc) is 3.22. The fourth-order valence-corrected chi connectivity index (χ4v) is 5.16. The lowest BCUT2D eigenvalue weighted by Crippen LogP contribution is -2.39. The first-order valence-electron chi connectivity index (χ1n) is 12.2. The normalized spacial score (nSPS) is 18.6. The van der Waals surface area contributed by atoms with Crippen LogP contribution in [0.4, 0.5) is 8.78 Å². The quantitative estimate of drug-likeness (QED) is 0.462. The molecule has 0 aromatic heterocycles.